The first-order chi connectivity index (χ1) is 13.3. The third-order valence-corrected chi connectivity index (χ3v) is 4.45. The number of hydrogen-bond donors (Lipinski definition) is 2. The highest BCUT2D eigenvalue weighted by atomic mass is 79.9. The summed E-state index contributed by atoms with van der Waals surface area (Å²) < 4.78 is 5.86. The third-order valence-electron chi connectivity index (χ3n) is 3.72. The molecule has 0 fully saturated rings. The summed E-state index contributed by atoms with van der Waals surface area (Å²) in [6.07, 6.45) is 0.526. The van der Waals surface area contributed by atoms with Crippen LogP contribution in [-0.2, 0) is 19.1 Å². The minimum atomic E-state index is -0.529. The van der Waals surface area contributed by atoms with Gasteiger partial charge in [0.15, 0.2) is 6.61 Å². The van der Waals surface area contributed by atoms with E-state index in [1.165, 1.54) is 0 Å². The summed E-state index contributed by atoms with van der Waals surface area (Å²) in [6.45, 7) is 1.49. The van der Waals surface area contributed by atoms with Crippen molar-refractivity contribution in [2.24, 2.45) is 0 Å². The fourth-order valence-electron chi connectivity index (χ4n) is 2.35. The Hall–Kier alpha value is -2.38. The summed E-state index contributed by atoms with van der Waals surface area (Å²) in [4.78, 5) is 35.5. The van der Waals surface area contributed by atoms with Gasteiger partial charge in [0, 0.05) is 33.7 Å². The van der Waals surface area contributed by atoms with Crippen molar-refractivity contribution in [3.63, 3.8) is 0 Å². The standard InChI is InChI=1S/C20H20BrClN2O4/c1-13-10-14(21)8-9-17(13)24-19(26)12-28-20(27)7-3-6-18(25)23-16-5-2-4-15(22)11-16/h2,4-5,8-11H,3,6-7,12H2,1H3,(H,23,25)(H,24,26). The van der Waals surface area contributed by atoms with Gasteiger partial charge in [0.2, 0.25) is 5.91 Å². The van der Waals surface area contributed by atoms with Crippen molar-refractivity contribution >= 4 is 56.7 Å². The predicted octanol–water partition coefficient (Wildman–Crippen LogP) is 4.70. The molecule has 28 heavy (non-hydrogen) atoms. The minimum absolute atomic E-state index is 0.0492. The number of hydrogen-bond acceptors (Lipinski definition) is 4. The Bertz CT molecular complexity index is 873. The molecule has 0 radical (unpaired) electrons. The summed E-state index contributed by atoms with van der Waals surface area (Å²) in [5.74, 6) is -1.17. The number of ether oxygens (including phenoxy) is 1. The zero-order chi connectivity index (χ0) is 20.5. The summed E-state index contributed by atoms with van der Waals surface area (Å²) in [6, 6.07) is 12.2. The average molecular weight is 468 g/mol. The number of aryl methyl sites for hydroxylation is 1. The van der Waals surface area contributed by atoms with E-state index in [4.69, 9.17) is 16.3 Å². The summed E-state index contributed by atoms with van der Waals surface area (Å²) in [5.41, 5.74) is 2.14. The molecule has 0 saturated heterocycles. The summed E-state index contributed by atoms with van der Waals surface area (Å²) >= 11 is 9.21. The van der Waals surface area contributed by atoms with Gasteiger partial charge < -0.3 is 15.4 Å². The van der Waals surface area contributed by atoms with Gasteiger partial charge in [0.05, 0.1) is 0 Å². The third kappa shape index (κ3) is 7.70. The van der Waals surface area contributed by atoms with Crippen LogP contribution in [0.25, 0.3) is 0 Å². The molecule has 0 aliphatic rings. The molecule has 6 nitrogen and oxygen atoms in total. The van der Waals surface area contributed by atoms with Gasteiger partial charge in [-0.3, -0.25) is 14.4 Å². The van der Waals surface area contributed by atoms with Gasteiger partial charge >= 0.3 is 5.97 Å². The van der Waals surface area contributed by atoms with Gasteiger partial charge in [-0.1, -0.05) is 33.6 Å². The van der Waals surface area contributed by atoms with Crippen molar-refractivity contribution in [3.8, 4) is 0 Å². The Morgan fingerprint density at radius 2 is 1.82 bits per heavy atom. The van der Waals surface area contributed by atoms with Crippen LogP contribution in [0.3, 0.4) is 0 Å². The van der Waals surface area contributed by atoms with Gasteiger partial charge in [0.25, 0.3) is 5.91 Å². The van der Waals surface area contributed by atoms with Crippen molar-refractivity contribution in [1.29, 1.82) is 0 Å². The van der Waals surface area contributed by atoms with E-state index < -0.39 is 11.9 Å². The van der Waals surface area contributed by atoms with Crippen LogP contribution in [0.5, 0.6) is 0 Å². The van der Waals surface area contributed by atoms with E-state index in [0.29, 0.717) is 22.8 Å². The fourth-order valence-corrected chi connectivity index (χ4v) is 3.02. The molecule has 2 rings (SSSR count). The van der Waals surface area contributed by atoms with Gasteiger partial charge in [-0.05, 0) is 55.3 Å². The lowest BCUT2D eigenvalue weighted by molar-refractivity contribution is -0.147. The minimum Gasteiger partial charge on any atom is -0.456 e. The van der Waals surface area contributed by atoms with Crippen LogP contribution in [0.15, 0.2) is 46.9 Å². The van der Waals surface area contributed by atoms with Gasteiger partial charge in [-0.15, -0.1) is 0 Å². The first-order valence-corrected chi connectivity index (χ1v) is 9.77. The Morgan fingerprint density at radius 3 is 2.54 bits per heavy atom. The lowest BCUT2D eigenvalue weighted by Gasteiger charge is -2.09. The average Bonchev–Trinajstić information content (AvgIpc) is 2.62. The number of carbonyl (C=O) groups is 3. The van der Waals surface area contributed by atoms with Crippen molar-refractivity contribution < 1.29 is 19.1 Å². The fraction of sp³-hybridized carbons (Fsp3) is 0.250. The summed E-state index contributed by atoms with van der Waals surface area (Å²) in [7, 11) is 0. The number of carbonyl (C=O) groups excluding carboxylic acids is 3. The van der Waals surface area contributed by atoms with Gasteiger partial charge in [-0.25, -0.2) is 0 Å². The molecular weight excluding hydrogens is 448 g/mol. The summed E-state index contributed by atoms with van der Waals surface area (Å²) in [5, 5.41) is 5.91. The number of benzene rings is 2. The Kier molecular flexibility index (Phi) is 8.47. The molecule has 8 heteroatoms. The maximum atomic E-state index is 11.9. The second kappa shape index (κ2) is 10.8. The lowest BCUT2D eigenvalue weighted by atomic mass is 10.2. The maximum Gasteiger partial charge on any atom is 0.306 e. The number of esters is 1. The molecular formula is C20H20BrClN2O4. The van der Waals surface area contributed by atoms with E-state index in [1.807, 2.05) is 19.1 Å². The lowest BCUT2D eigenvalue weighted by Crippen LogP contribution is -2.21. The molecule has 2 amide bonds. The topological polar surface area (TPSA) is 84.5 Å². The van der Waals surface area contributed by atoms with Crippen LogP contribution >= 0.6 is 27.5 Å². The largest absolute Gasteiger partial charge is 0.456 e. The van der Waals surface area contributed by atoms with E-state index in [0.717, 1.165) is 10.0 Å². The van der Waals surface area contributed by atoms with Crippen LogP contribution in [0.2, 0.25) is 5.02 Å². The molecule has 0 bridgehead atoms. The molecule has 0 atom stereocenters. The maximum absolute atomic E-state index is 11.9. The first kappa shape index (κ1) is 21.9. The molecule has 0 unspecified atom stereocenters. The van der Waals surface area contributed by atoms with Gasteiger partial charge in [0.1, 0.15) is 0 Å². The van der Waals surface area contributed by atoms with Crippen molar-refractivity contribution in [2.45, 2.75) is 26.2 Å². The van der Waals surface area contributed by atoms with Crippen LogP contribution in [0.4, 0.5) is 11.4 Å². The van der Waals surface area contributed by atoms with E-state index >= 15 is 0 Å². The van der Waals surface area contributed by atoms with Crippen LogP contribution in [-0.4, -0.2) is 24.4 Å². The van der Waals surface area contributed by atoms with Crippen LogP contribution < -0.4 is 10.6 Å². The first-order valence-electron chi connectivity index (χ1n) is 8.60. The molecule has 0 spiro atoms. The molecule has 148 valence electrons. The molecule has 2 aromatic rings. The normalized spacial score (nSPS) is 10.2. The molecule has 0 aliphatic carbocycles. The molecule has 0 aromatic heterocycles. The molecule has 0 heterocycles. The second-order valence-corrected chi connectivity index (χ2v) is 7.43. The Labute approximate surface area is 176 Å². The predicted molar refractivity (Wildman–Crippen MR) is 112 cm³/mol. The Balaban J connectivity index is 1.65. The highest BCUT2D eigenvalue weighted by molar-refractivity contribution is 9.10. The number of amides is 2. The molecule has 2 N–H and O–H groups in total. The smallest absolute Gasteiger partial charge is 0.306 e. The van der Waals surface area contributed by atoms with Crippen molar-refractivity contribution in [3.05, 3.63) is 57.5 Å². The number of nitrogens with one attached hydrogen (secondary N) is 2. The van der Waals surface area contributed by atoms with Crippen LogP contribution in [0.1, 0.15) is 24.8 Å². The van der Waals surface area contributed by atoms with Crippen molar-refractivity contribution in [2.75, 3.05) is 17.2 Å². The highest BCUT2D eigenvalue weighted by Crippen LogP contribution is 2.20. The number of anilines is 2. The second-order valence-electron chi connectivity index (χ2n) is 6.08. The number of rotatable bonds is 8. The molecule has 0 saturated carbocycles. The van der Waals surface area contributed by atoms with Crippen LogP contribution in [0, 0.1) is 6.92 Å². The zero-order valence-electron chi connectivity index (χ0n) is 15.3. The van der Waals surface area contributed by atoms with E-state index in [-0.39, 0.29) is 25.4 Å². The van der Waals surface area contributed by atoms with Gasteiger partial charge in [-0.2, -0.15) is 0 Å². The highest BCUT2D eigenvalue weighted by Gasteiger charge is 2.10. The van der Waals surface area contributed by atoms with E-state index in [2.05, 4.69) is 26.6 Å². The monoisotopic (exact) mass is 466 g/mol. The number of halogens is 2. The van der Waals surface area contributed by atoms with Crippen molar-refractivity contribution in [1.82, 2.24) is 0 Å². The van der Waals surface area contributed by atoms with E-state index in [1.54, 1.807) is 30.3 Å². The molecule has 0 aliphatic heterocycles. The van der Waals surface area contributed by atoms with E-state index in [9.17, 15) is 14.4 Å². The Morgan fingerprint density at radius 1 is 1.04 bits per heavy atom. The molecule has 2 aromatic carbocycles. The SMILES string of the molecule is Cc1cc(Br)ccc1NC(=O)COC(=O)CCCC(=O)Nc1cccc(Cl)c1. The quantitative estimate of drug-likeness (QED) is 0.551. The zero-order valence-corrected chi connectivity index (χ0v) is 17.6.